The molecule has 0 saturated heterocycles. The molecule has 0 aliphatic heterocycles. The number of halogens is 5. The molecule has 0 N–H and O–H groups in total. The van der Waals surface area contributed by atoms with Crippen LogP contribution in [-0.4, -0.2) is 39.8 Å². The molecule has 0 atom stereocenters. The molecule has 126 valence electrons. The summed E-state index contributed by atoms with van der Waals surface area (Å²) in [5.74, 6) is 0.180. The van der Waals surface area contributed by atoms with Gasteiger partial charge in [-0.2, -0.15) is 9.36 Å². The number of hydrogen-bond acceptors (Lipinski definition) is 5. The standard InChI is InChI=1S/C11H11Cl5N6O/c1-6(2)5-7-8(10(12,13)11(14,15)16)22(20-18-7)9(23)21-4-3-17-19-21/h3-4,6H,5H2,1-2H3. The number of carbonyl (C=O) groups excluding carboxylic acids is 1. The van der Waals surface area contributed by atoms with Crippen molar-refractivity contribution in [2.45, 2.75) is 28.4 Å². The number of rotatable bonds is 3. The molecule has 0 unspecified atom stereocenters. The van der Waals surface area contributed by atoms with E-state index in [0.29, 0.717) is 12.1 Å². The van der Waals surface area contributed by atoms with Crippen LogP contribution < -0.4 is 0 Å². The maximum atomic E-state index is 12.5. The van der Waals surface area contributed by atoms with Gasteiger partial charge in [-0.3, -0.25) is 0 Å². The fourth-order valence-electron chi connectivity index (χ4n) is 1.83. The van der Waals surface area contributed by atoms with Gasteiger partial charge in [0.25, 0.3) is 0 Å². The third-order valence-corrected chi connectivity index (χ3v) is 5.15. The van der Waals surface area contributed by atoms with Crippen molar-refractivity contribution in [3.05, 3.63) is 23.8 Å². The topological polar surface area (TPSA) is 78.5 Å². The van der Waals surface area contributed by atoms with Gasteiger partial charge in [-0.05, 0) is 12.3 Å². The van der Waals surface area contributed by atoms with Gasteiger partial charge < -0.3 is 0 Å². The van der Waals surface area contributed by atoms with Crippen molar-refractivity contribution in [2.75, 3.05) is 0 Å². The Bertz CT molecular complexity index is 690. The first-order valence-electron chi connectivity index (χ1n) is 6.36. The summed E-state index contributed by atoms with van der Waals surface area (Å²) < 4.78 is -2.39. The van der Waals surface area contributed by atoms with Crippen molar-refractivity contribution >= 4 is 64.0 Å². The van der Waals surface area contributed by atoms with Gasteiger partial charge >= 0.3 is 6.03 Å². The molecule has 0 aliphatic carbocycles. The first kappa shape index (κ1) is 18.7. The van der Waals surface area contributed by atoms with E-state index in [9.17, 15) is 4.79 Å². The van der Waals surface area contributed by atoms with Gasteiger partial charge in [0.2, 0.25) is 8.13 Å². The van der Waals surface area contributed by atoms with E-state index in [1.54, 1.807) is 0 Å². The normalized spacial score (nSPS) is 12.9. The summed E-state index contributed by atoms with van der Waals surface area (Å²) in [4.78, 5) is 12.5. The summed E-state index contributed by atoms with van der Waals surface area (Å²) in [7, 11) is 0. The van der Waals surface area contributed by atoms with E-state index in [1.807, 2.05) is 13.8 Å². The Labute approximate surface area is 156 Å². The van der Waals surface area contributed by atoms with E-state index in [4.69, 9.17) is 58.0 Å². The average molecular weight is 421 g/mol. The maximum absolute atomic E-state index is 12.5. The van der Waals surface area contributed by atoms with Gasteiger partial charge in [0, 0.05) is 0 Å². The second-order valence-electron chi connectivity index (χ2n) is 5.10. The summed E-state index contributed by atoms with van der Waals surface area (Å²) in [6.45, 7) is 3.89. The van der Waals surface area contributed by atoms with E-state index in [1.165, 1.54) is 12.4 Å². The Kier molecular flexibility index (Phi) is 5.48. The van der Waals surface area contributed by atoms with Crippen molar-refractivity contribution in [1.29, 1.82) is 0 Å². The number of nitrogens with zero attached hydrogens (tertiary/aromatic N) is 6. The Morgan fingerprint density at radius 1 is 1.22 bits per heavy atom. The van der Waals surface area contributed by atoms with Crippen LogP contribution in [0, 0.1) is 5.92 Å². The molecule has 12 heteroatoms. The molecule has 0 bridgehead atoms. The highest BCUT2D eigenvalue weighted by Crippen LogP contribution is 2.53. The van der Waals surface area contributed by atoms with Crippen molar-refractivity contribution in [3.63, 3.8) is 0 Å². The quantitative estimate of drug-likeness (QED) is 0.709. The molecule has 0 radical (unpaired) electrons. The Morgan fingerprint density at radius 2 is 1.87 bits per heavy atom. The SMILES string of the molecule is CC(C)Cc1nnn(C(=O)n2ccnn2)c1C(Cl)(Cl)C(Cl)(Cl)Cl. The molecule has 0 fully saturated rings. The van der Waals surface area contributed by atoms with Crippen LogP contribution >= 0.6 is 58.0 Å². The molecule has 2 aromatic heterocycles. The predicted molar refractivity (Wildman–Crippen MR) is 88.5 cm³/mol. The highest BCUT2D eigenvalue weighted by atomic mass is 35.6. The zero-order chi connectivity index (χ0) is 17.4. The molecule has 0 amide bonds. The highest BCUT2D eigenvalue weighted by Gasteiger charge is 2.52. The summed E-state index contributed by atoms with van der Waals surface area (Å²) in [6.07, 6.45) is 3.09. The minimum Gasteiger partial charge on any atom is -0.243 e. The molecule has 2 rings (SSSR count). The van der Waals surface area contributed by atoms with Crippen LogP contribution in [0.5, 0.6) is 0 Å². The second kappa shape index (κ2) is 6.72. The molecule has 0 aromatic carbocycles. The minimum absolute atomic E-state index is 0.0185. The van der Waals surface area contributed by atoms with Gasteiger partial charge in [0.1, 0.15) is 5.69 Å². The molecular formula is C11H11Cl5N6O. The van der Waals surface area contributed by atoms with Gasteiger partial charge in [-0.15, -0.1) is 10.2 Å². The predicted octanol–water partition coefficient (Wildman–Crippen LogP) is 3.59. The molecule has 0 aliphatic rings. The molecule has 2 aromatic rings. The lowest BCUT2D eigenvalue weighted by molar-refractivity contribution is 0.236. The van der Waals surface area contributed by atoms with Crippen LogP contribution in [0.2, 0.25) is 0 Å². The Hall–Kier alpha value is -0.600. The molecule has 2 heterocycles. The van der Waals surface area contributed by atoms with E-state index < -0.39 is 14.2 Å². The van der Waals surface area contributed by atoms with E-state index in [0.717, 1.165) is 9.36 Å². The van der Waals surface area contributed by atoms with E-state index >= 15 is 0 Å². The third kappa shape index (κ3) is 3.74. The molecule has 7 nitrogen and oxygen atoms in total. The molecule has 0 saturated carbocycles. The van der Waals surface area contributed by atoms with Gasteiger partial charge in [0.05, 0.1) is 18.1 Å². The zero-order valence-corrected chi connectivity index (χ0v) is 15.7. The fraction of sp³-hybridized carbons (Fsp3) is 0.545. The Morgan fingerprint density at radius 3 is 2.35 bits per heavy atom. The summed E-state index contributed by atoms with van der Waals surface area (Å²) in [6, 6.07) is -0.708. The number of alkyl halides is 5. The zero-order valence-electron chi connectivity index (χ0n) is 11.9. The van der Waals surface area contributed by atoms with Crippen LogP contribution in [0.1, 0.15) is 25.2 Å². The second-order valence-corrected chi connectivity index (χ2v) is 8.71. The first-order valence-corrected chi connectivity index (χ1v) is 8.25. The monoisotopic (exact) mass is 418 g/mol. The third-order valence-electron chi connectivity index (χ3n) is 2.79. The van der Waals surface area contributed by atoms with Crippen molar-refractivity contribution in [2.24, 2.45) is 5.92 Å². The van der Waals surface area contributed by atoms with Crippen LogP contribution in [0.15, 0.2) is 12.4 Å². The van der Waals surface area contributed by atoms with Gasteiger partial charge in [0.15, 0.2) is 0 Å². The number of aromatic nitrogens is 6. The van der Waals surface area contributed by atoms with Crippen molar-refractivity contribution in [3.8, 4) is 0 Å². The van der Waals surface area contributed by atoms with E-state index in [2.05, 4.69) is 20.6 Å². The Balaban J connectivity index is 2.60. The lowest BCUT2D eigenvalue weighted by atomic mass is 10.1. The maximum Gasteiger partial charge on any atom is 0.372 e. The molecule has 23 heavy (non-hydrogen) atoms. The summed E-state index contributed by atoms with van der Waals surface area (Å²) >= 11 is 30.1. The number of carbonyl (C=O) groups is 1. The van der Waals surface area contributed by atoms with Crippen LogP contribution in [0.25, 0.3) is 0 Å². The summed E-state index contributed by atoms with van der Waals surface area (Å²) in [5, 5.41) is 14.9. The van der Waals surface area contributed by atoms with E-state index in [-0.39, 0.29) is 11.6 Å². The van der Waals surface area contributed by atoms with Crippen LogP contribution in [0.3, 0.4) is 0 Å². The smallest absolute Gasteiger partial charge is 0.243 e. The van der Waals surface area contributed by atoms with Crippen molar-refractivity contribution in [1.82, 2.24) is 30.0 Å². The lowest BCUT2D eigenvalue weighted by Crippen LogP contribution is -2.35. The first-order chi connectivity index (χ1) is 10.6. The lowest BCUT2D eigenvalue weighted by Gasteiger charge is -2.28. The fourth-order valence-corrected chi connectivity index (χ4v) is 2.47. The average Bonchev–Trinajstić information content (AvgIpc) is 3.04. The van der Waals surface area contributed by atoms with Gasteiger partial charge in [-0.25, -0.2) is 4.79 Å². The van der Waals surface area contributed by atoms with Crippen molar-refractivity contribution < 1.29 is 4.79 Å². The van der Waals surface area contributed by atoms with Gasteiger partial charge in [-0.1, -0.05) is 82.3 Å². The molecule has 0 spiro atoms. The van der Waals surface area contributed by atoms with Crippen LogP contribution in [-0.2, 0) is 10.8 Å². The summed E-state index contributed by atoms with van der Waals surface area (Å²) in [5.41, 5.74) is 0.333. The highest BCUT2D eigenvalue weighted by molar-refractivity contribution is 6.75. The molecular weight excluding hydrogens is 409 g/mol. The van der Waals surface area contributed by atoms with Crippen LogP contribution in [0.4, 0.5) is 4.79 Å². The minimum atomic E-state index is -2.12. The largest absolute Gasteiger partial charge is 0.372 e. The number of hydrogen-bond donors (Lipinski definition) is 0.